The first-order valence-electron chi connectivity index (χ1n) is 9.66. The van der Waals surface area contributed by atoms with Crippen molar-refractivity contribution >= 4 is 0 Å². The molecule has 1 aromatic rings. The highest BCUT2D eigenvalue weighted by Crippen LogP contribution is 2.34. The molecular formula is C21H32NO3+. The van der Waals surface area contributed by atoms with E-state index in [0.717, 1.165) is 25.1 Å². The average molecular weight is 346 g/mol. The van der Waals surface area contributed by atoms with E-state index in [9.17, 15) is 5.11 Å². The van der Waals surface area contributed by atoms with Gasteiger partial charge in [0, 0.05) is 0 Å². The van der Waals surface area contributed by atoms with Gasteiger partial charge in [-0.2, -0.15) is 0 Å². The summed E-state index contributed by atoms with van der Waals surface area (Å²) in [4.78, 5) is 1.50. The summed E-state index contributed by atoms with van der Waals surface area (Å²) in [7, 11) is 0. The Kier molecular flexibility index (Phi) is 6.51. The Balaban J connectivity index is 1.46. The van der Waals surface area contributed by atoms with E-state index in [0.29, 0.717) is 6.61 Å². The number of likely N-dealkylation sites (tertiary alicyclic amines) is 1. The topological polar surface area (TPSA) is 43.1 Å². The normalized spacial score (nSPS) is 26.4. The minimum absolute atomic E-state index is 0.0959. The highest BCUT2D eigenvalue weighted by molar-refractivity contribution is 5.29. The summed E-state index contributed by atoms with van der Waals surface area (Å²) in [6, 6.07) is 8.07. The van der Waals surface area contributed by atoms with Gasteiger partial charge >= 0.3 is 0 Å². The van der Waals surface area contributed by atoms with E-state index in [1.807, 2.05) is 12.1 Å². The molecule has 2 aliphatic heterocycles. The van der Waals surface area contributed by atoms with Gasteiger partial charge in [-0.1, -0.05) is 24.3 Å². The fourth-order valence-electron chi connectivity index (χ4n) is 3.94. The molecule has 0 unspecified atom stereocenters. The van der Waals surface area contributed by atoms with E-state index >= 15 is 0 Å². The lowest BCUT2D eigenvalue weighted by Gasteiger charge is -2.29. The molecule has 0 aromatic heterocycles. The summed E-state index contributed by atoms with van der Waals surface area (Å²) in [6.45, 7) is 9.72. The molecule has 3 atom stereocenters. The Hall–Kier alpha value is -1.36. The third-order valence-electron chi connectivity index (χ3n) is 5.23. The summed E-state index contributed by atoms with van der Waals surface area (Å²) in [5.74, 6) is 0.805. The molecule has 0 spiro atoms. The molecule has 2 aliphatic rings. The molecule has 1 aromatic carbocycles. The van der Waals surface area contributed by atoms with Crippen molar-refractivity contribution in [2.75, 3.05) is 26.2 Å². The van der Waals surface area contributed by atoms with Crippen LogP contribution in [-0.4, -0.2) is 43.6 Å². The molecule has 3 rings (SSSR count). The van der Waals surface area contributed by atoms with Crippen LogP contribution in [0.4, 0.5) is 0 Å². The van der Waals surface area contributed by atoms with Crippen LogP contribution in [0.2, 0.25) is 0 Å². The van der Waals surface area contributed by atoms with Gasteiger partial charge in [0.05, 0.1) is 25.3 Å². The van der Waals surface area contributed by atoms with Crippen LogP contribution in [0.15, 0.2) is 36.4 Å². The molecular weight excluding hydrogens is 314 g/mol. The number of aliphatic hydroxyl groups is 1. The number of nitrogens with one attached hydrogen (secondary N) is 1. The Bertz CT molecular complexity index is 551. The van der Waals surface area contributed by atoms with Crippen molar-refractivity contribution in [2.45, 2.75) is 57.3 Å². The van der Waals surface area contributed by atoms with E-state index in [-0.39, 0.29) is 12.2 Å². The summed E-state index contributed by atoms with van der Waals surface area (Å²) >= 11 is 0. The molecule has 2 N–H and O–H groups in total. The molecule has 4 heteroatoms. The zero-order chi connectivity index (χ0) is 17.6. The van der Waals surface area contributed by atoms with Gasteiger partial charge < -0.3 is 19.5 Å². The third kappa shape index (κ3) is 5.56. The summed E-state index contributed by atoms with van der Waals surface area (Å²) in [5.41, 5.74) is 2.42. The van der Waals surface area contributed by atoms with Crippen LogP contribution in [0.3, 0.4) is 0 Å². The highest BCUT2D eigenvalue weighted by atomic mass is 16.5. The Morgan fingerprint density at radius 2 is 1.92 bits per heavy atom. The molecule has 0 aliphatic carbocycles. The van der Waals surface area contributed by atoms with E-state index < -0.39 is 6.10 Å². The molecule has 0 bridgehead atoms. The second-order valence-corrected chi connectivity index (χ2v) is 7.64. The zero-order valence-corrected chi connectivity index (χ0v) is 15.4. The SMILES string of the molecule is C=C1C[C@H](C)O[C@@H](c2ccc(OC[C@H](O)C[NH+]3CCCCC3)cc2)C1. The first kappa shape index (κ1) is 18.4. The summed E-state index contributed by atoms with van der Waals surface area (Å²) in [5, 5.41) is 10.2. The number of ether oxygens (including phenoxy) is 2. The predicted octanol–water partition coefficient (Wildman–Crippen LogP) is 2.29. The van der Waals surface area contributed by atoms with Crippen LogP contribution in [0, 0.1) is 0 Å². The van der Waals surface area contributed by atoms with Gasteiger partial charge in [-0.15, -0.1) is 0 Å². The number of hydrogen-bond donors (Lipinski definition) is 2. The van der Waals surface area contributed by atoms with Crippen LogP contribution >= 0.6 is 0 Å². The molecule has 0 radical (unpaired) electrons. The lowest BCUT2D eigenvalue weighted by Crippen LogP contribution is -3.14. The van der Waals surface area contributed by atoms with Crippen LogP contribution in [0.25, 0.3) is 0 Å². The second kappa shape index (κ2) is 8.84. The van der Waals surface area contributed by atoms with Crippen LogP contribution in [0.1, 0.15) is 50.7 Å². The average Bonchev–Trinajstić information content (AvgIpc) is 2.60. The molecule has 2 saturated heterocycles. The fourth-order valence-corrected chi connectivity index (χ4v) is 3.94. The van der Waals surface area contributed by atoms with Crippen LogP contribution < -0.4 is 9.64 Å². The van der Waals surface area contributed by atoms with Crippen molar-refractivity contribution in [3.8, 4) is 5.75 Å². The van der Waals surface area contributed by atoms with E-state index in [2.05, 4.69) is 25.6 Å². The fraction of sp³-hybridized carbons (Fsp3) is 0.619. The van der Waals surface area contributed by atoms with Crippen molar-refractivity contribution in [1.29, 1.82) is 0 Å². The van der Waals surface area contributed by atoms with Gasteiger partial charge in [-0.05, 0) is 56.7 Å². The number of rotatable bonds is 6. The maximum atomic E-state index is 10.2. The van der Waals surface area contributed by atoms with Crippen molar-refractivity contribution in [1.82, 2.24) is 0 Å². The van der Waals surface area contributed by atoms with Gasteiger partial charge in [0.15, 0.2) is 0 Å². The van der Waals surface area contributed by atoms with E-state index in [1.165, 1.54) is 48.4 Å². The monoisotopic (exact) mass is 346 g/mol. The quantitative estimate of drug-likeness (QED) is 0.777. The van der Waals surface area contributed by atoms with Gasteiger partial charge in [-0.3, -0.25) is 0 Å². The summed E-state index contributed by atoms with van der Waals surface area (Å²) < 4.78 is 11.8. The third-order valence-corrected chi connectivity index (χ3v) is 5.23. The van der Waals surface area contributed by atoms with E-state index in [1.54, 1.807) is 0 Å². The highest BCUT2D eigenvalue weighted by Gasteiger charge is 2.23. The molecule has 2 fully saturated rings. The maximum absolute atomic E-state index is 10.2. The minimum atomic E-state index is -0.404. The number of aliphatic hydroxyl groups excluding tert-OH is 1. The van der Waals surface area contributed by atoms with Crippen molar-refractivity contribution in [3.05, 3.63) is 42.0 Å². The van der Waals surface area contributed by atoms with Crippen LogP contribution in [-0.2, 0) is 4.74 Å². The Morgan fingerprint density at radius 3 is 2.60 bits per heavy atom. The molecule has 4 nitrogen and oxygen atoms in total. The molecule has 2 heterocycles. The first-order chi connectivity index (χ1) is 12.1. The van der Waals surface area contributed by atoms with E-state index in [4.69, 9.17) is 9.47 Å². The maximum Gasteiger partial charge on any atom is 0.137 e. The predicted molar refractivity (Wildman–Crippen MR) is 99.0 cm³/mol. The number of benzene rings is 1. The minimum Gasteiger partial charge on any atom is -0.491 e. The molecule has 0 amide bonds. The number of piperidine rings is 1. The Morgan fingerprint density at radius 1 is 1.20 bits per heavy atom. The second-order valence-electron chi connectivity index (χ2n) is 7.64. The smallest absolute Gasteiger partial charge is 0.137 e. The number of quaternary nitrogens is 1. The lowest BCUT2D eigenvalue weighted by atomic mass is 9.95. The van der Waals surface area contributed by atoms with Crippen molar-refractivity contribution in [2.24, 2.45) is 0 Å². The van der Waals surface area contributed by atoms with Gasteiger partial charge in [-0.25, -0.2) is 0 Å². The van der Waals surface area contributed by atoms with Gasteiger partial charge in [0.25, 0.3) is 0 Å². The van der Waals surface area contributed by atoms with Crippen molar-refractivity contribution < 1.29 is 19.5 Å². The van der Waals surface area contributed by atoms with Gasteiger partial charge in [0.1, 0.15) is 25.0 Å². The number of hydrogen-bond acceptors (Lipinski definition) is 3. The largest absolute Gasteiger partial charge is 0.491 e. The standard InChI is InChI=1S/C21H31NO3/c1-16-12-17(2)25-21(13-16)18-6-8-20(9-7-18)24-15-19(23)14-22-10-4-3-5-11-22/h6-9,17,19,21,23H,1,3-5,10-15H2,2H3/p+1/t17-,19+,21+/m0/s1. The van der Waals surface area contributed by atoms with Crippen LogP contribution in [0.5, 0.6) is 5.75 Å². The molecule has 138 valence electrons. The van der Waals surface area contributed by atoms with Gasteiger partial charge in [0.2, 0.25) is 0 Å². The summed E-state index contributed by atoms with van der Waals surface area (Å²) in [6.07, 6.45) is 5.65. The molecule has 0 saturated carbocycles. The first-order valence-corrected chi connectivity index (χ1v) is 9.66. The Labute approximate surface area is 151 Å². The molecule has 25 heavy (non-hydrogen) atoms. The lowest BCUT2D eigenvalue weighted by molar-refractivity contribution is -0.908. The zero-order valence-electron chi connectivity index (χ0n) is 15.4. The van der Waals surface area contributed by atoms with Crippen molar-refractivity contribution in [3.63, 3.8) is 0 Å².